The van der Waals surface area contributed by atoms with E-state index in [1.54, 1.807) is 0 Å². The van der Waals surface area contributed by atoms with Crippen LogP contribution in [-0.4, -0.2) is 30.0 Å². The summed E-state index contributed by atoms with van der Waals surface area (Å²) in [5, 5.41) is 3.89. The van der Waals surface area contributed by atoms with E-state index in [2.05, 4.69) is 26.1 Å². The zero-order chi connectivity index (χ0) is 10.7. The quantitative estimate of drug-likeness (QED) is 0.791. The molecule has 1 aromatic heterocycles. The maximum absolute atomic E-state index is 5.47. The van der Waals surface area contributed by atoms with E-state index >= 15 is 0 Å². The summed E-state index contributed by atoms with van der Waals surface area (Å²) in [6.07, 6.45) is 0.719. The van der Waals surface area contributed by atoms with Crippen LogP contribution in [0.15, 0.2) is 4.52 Å². The van der Waals surface area contributed by atoms with Crippen LogP contribution < -0.4 is 0 Å². The van der Waals surface area contributed by atoms with E-state index in [-0.39, 0.29) is 10.9 Å². The molecule has 0 spiro atoms. The first-order valence-corrected chi connectivity index (χ1v) is 5.89. The predicted molar refractivity (Wildman–Crippen MR) is 55.8 cm³/mol. The van der Waals surface area contributed by atoms with Gasteiger partial charge in [0, 0.05) is 0 Å². The highest BCUT2D eigenvalue weighted by Crippen LogP contribution is 2.26. The Hall–Kier alpha value is -0.460. The Bertz CT molecular complexity index is 312. The van der Waals surface area contributed by atoms with Gasteiger partial charge in [0.15, 0.2) is 0 Å². The van der Waals surface area contributed by atoms with Gasteiger partial charge < -0.3 is 14.0 Å². The van der Waals surface area contributed by atoms with Gasteiger partial charge in [0.05, 0.1) is 24.6 Å². The molecule has 5 nitrogen and oxygen atoms in total. The Morgan fingerprint density at radius 2 is 2.40 bits per heavy atom. The Labute approximate surface area is 96.3 Å². The molecule has 0 saturated carbocycles. The number of hydrogen-bond donors (Lipinski definition) is 0. The number of hydrogen-bond acceptors (Lipinski definition) is 5. The largest absolute Gasteiger partial charge is 0.376 e. The maximum atomic E-state index is 5.47. The SMILES string of the molecule is CCC(Br)c1nc(C2COCCO2)no1. The molecule has 1 saturated heterocycles. The van der Waals surface area contributed by atoms with Crippen molar-refractivity contribution in [1.29, 1.82) is 0 Å². The molecule has 1 aliphatic rings. The number of rotatable bonds is 3. The van der Waals surface area contributed by atoms with Crippen molar-refractivity contribution in [3.8, 4) is 0 Å². The summed E-state index contributed by atoms with van der Waals surface area (Å²) in [5.74, 6) is 1.17. The zero-order valence-corrected chi connectivity index (χ0v) is 10.1. The van der Waals surface area contributed by atoms with Crippen molar-refractivity contribution in [3.05, 3.63) is 11.7 Å². The molecule has 1 fully saturated rings. The topological polar surface area (TPSA) is 57.4 Å². The summed E-state index contributed by atoms with van der Waals surface area (Å²) >= 11 is 3.45. The first kappa shape index (κ1) is 11.0. The van der Waals surface area contributed by atoms with Gasteiger partial charge in [-0.05, 0) is 6.42 Å². The van der Waals surface area contributed by atoms with Crippen LogP contribution in [0, 0.1) is 0 Å². The fourth-order valence-corrected chi connectivity index (χ4v) is 1.50. The van der Waals surface area contributed by atoms with Crippen LogP contribution in [-0.2, 0) is 9.47 Å². The first-order chi connectivity index (χ1) is 7.31. The molecule has 0 N–H and O–H groups in total. The average molecular weight is 277 g/mol. The third-order valence-corrected chi connectivity index (χ3v) is 3.23. The monoisotopic (exact) mass is 276 g/mol. The summed E-state index contributed by atoms with van der Waals surface area (Å²) in [6, 6.07) is 0. The summed E-state index contributed by atoms with van der Waals surface area (Å²) in [7, 11) is 0. The molecule has 1 aliphatic heterocycles. The summed E-state index contributed by atoms with van der Waals surface area (Å²) in [4.78, 5) is 4.39. The second kappa shape index (κ2) is 5.05. The van der Waals surface area contributed by atoms with Gasteiger partial charge in [-0.15, -0.1) is 0 Å². The maximum Gasteiger partial charge on any atom is 0.240 e. The van der Waals surface area contributed by atoms with Crippen molar-refractivity contribution in [2.75, 3.05) is 19.8 Å². The van der Waals surface area contributed by atoms with E-state index in [0.717, 1.165) is 6.42 Å². The van der Waals surface area contributed by atoms with Gasteiger partial charge in [-0.25, -0.2) is 0 Å². The molecule has 84 valence electrons. The van der Waals surface area contributed by atoms with Gasteiger partial charge in [-0.3, -0.25) is 0 Å². The van der Waals surface area contributed by atoms with Gasteiger partial charge in [0.2, 0.25) is 11.7 Å². The van der Waals surface area contributed by atoms with Gasteiger partial charge >= 0.3 is 0 Å². The fourth-order valence-electron chi connectivity index (χ4n) is 1.32. The molecule has 1 aromatic rings. The second-order valence-corrected chi connectivity index (χ2v) is 4.41. The van der Waals surface area contributed by atoms with E-state index in [1.807, 2.05) is 6.92 Å². The third kappa shape index (κ3) is 2.56. The molecule has 0 radical (unpaired) electrons. The second-order valence-electron chi connectivity index (χ2n) is 3.30. The molecular formula is C9H13BrN2O3. The molecule has 15 heavy (non-hydrogen) atoms. The van der Waals surface area contributed by atoms with E-state index in [4.69, 9.17) is 14.0 Å². The van der Waals surface area contributed by atoms with Crippen molar-refractivity contribution < 1.29 is 14.0 Å². The van der Waals surface area contributed by atoms with Crippen molar-refractivity contribution in [2.24, 2.45) is 0 Å². The molecular weight excluding hydrogens is 264 g/mol. The van der Waals surface area contributed by atoms with Crippen LogP contribution >= 0.6 is 15.9 Å². The highest BCUT2D eigenvalue weighted by molar-refractivity contribution is 9.09. The molecule has 6 heteroatoms. The minimum absolute atomic E-state index is 0.114. The van der Waals surface area contributed by atoms with Crippen molar-refractivity contribution in [1.82, 2.24) is 10.1 Å². The van der Waals surface area contributed by atoms with Crippen LogP contribution in [0.3, 0.4) is 0 Å². The zero-order valence-electron chi connectivity index (χ0n) is 8.48. The van der Waals surface area contributed by atoms with Gasteiger partial charge in [0.1, 0.15) is 6.10 Å². The normalized spacial score (nSPS) is 24.0. The van der Waals surface area contributed by atoms with Crippen LogP contribution in [0.4, 0.5) is 0 Å². The summed E-state index contributed by atoms with van der Waals surface area (Å²) < 4.78 is 15.9. The van der Waals surface area contributed by atoms with E-state index < -0.39 is 0 Å². The van der Waals surface area contributed by atoms with Crippen LogP contribution in [0.25, 0.3) is 0 Å². The van der Waals surface area contributed by atoms with Crippen LogP contribution in [0.2, 0.25) is 0 Å². The van der Waals surface area contributed by atoms with E-state index in [1.165, 1.54) is 0 Å². The van der Waals surface area contributed by atoms with E-state index in [9.17, 15) is 0 Å². The lowest BCUT2D eigenvalue weighted by Crippen LogP contribution is -2.22. The fraction of sp³-hybridized carbons (Fsp3) is 0.778. The number of alkyl halides is 1. The molecule has 2 atom stereocenters. The molecule has 0 bridgehead atoms. The number of ether oxygens (including phenoxy) is 2. The Kier molecular flexibility index (Phi) is 3.71. The van der Waals surface area contributed by atoms with Crippen LogP contribution in [0.5, 0.6) is 0 Å². The van der Waals surface area contributed by atoms with Crippen LogP contribution in [0.1, 0.15) is 36.0 Å². The Morgan fingerprint density at radius 1 is 1.53 bits per heavy atom. The van der Waals surface area contributed by atoms with Crippen molar-refractivity contribution in [2.45, 2.75) is 24.3 Å². The van der Waals surface area contributed by atoms with E-state index in [0.29, 0.717) is 31.5 Å². The number of halogens is 1. The number of aromatic nitrogens is 2. The van der Waals surface area contributed by atoms with Gasteiger partial charge in [-0.1, -0.05) is 28.0 Å². The summed E-state index contributed by atoms with van der Waals surface area (Å²) in [5.41, 5.74) is 0. The average Bonchev–Trinajstić information content (AvgIpc) is 2.78. The molecule has 2 rings (SSSR count). The number of nitrogens with zero attached hydrogens (tertiary/aromatic N) is 2. The Morgan fingerprint density at radius 3 is 3.07 bits per heavy atom. The minimum Gasteiger partial charge on any atom is -0.376 e. The summed E-state index contributed by atoms with van der Waals surface area (Å²) in [6.45, 7) is 3.76. The molecule has 0 amide bonds. The van der Waals surface area contributed by atoms with Crippen molar-refractivity contribution >= 4 is 15.9 Å². The standard InChI is InChI=1S/C9H13BrN2O3/c1-2-6(10)9-11-8(12-15-9)7-5-13-3-4-14-7/h6-7H,2-5H2,1H3. The smallest absolute Gasteiger partial charge is 0.240 e. The molecule has 2 unspecified atom stereocenters. The molecule has 0 aromatic carbocycles. The lowest BCUT2D eigenvalue weighted by atomic mass is 10.3. The third-order valence-electron chi connectivity index (χ3n) is 2.19. The highest BCUT2D eigenvalue weighted by Gasteiger charge is 2.23. The predicted octanol–water partition coefficient (Wildman–Crippen LogP) is 2.00. The highest BCUT2D eigenvalue weighted by atomic mass is 79.9. The Balaban J connectivity index is 2.05. The van der Waals surface area contributed by atoms with Gasteiger partial charge in [-0.2, -0.15) is 4.98 Å². The first-order valence-electron chi connectivity index (χ1n) is 4.98. The van der Waals surface area contributed by atoms with Gasteiger partial charge in [0.25, 0.3) is 0 Å². The van der Waals surface area contributed by atoms with Crippen molar-refractivity contribution in [3.63, 3.8) is 0 Å². The lowest BCUT2D eigenvalue weighted by molar-refractivity contribution is -0.0941. The molecule has 2 heterocycles. The molecule has 0 aliphatic carbocycles. The minimum atomic E-state index is -0.187. The lowest BCUT2D eigenvalue weighted by Gasteiger charge is -2.19.